The quantitative estimate of drug-likeness (QED) is 0.379. The molecular formula is C27H23NO3. The maximum Gasteiger partial charge on any atom is 0.198 e. The van der Waals surface area contributed by atoms with Crippen LogP contribution in [0.2, 0.25) is 0 Å². The van der Waals surface area contributed by atoms with Crippen LogP contribution in [0.4, 0.5) is 5.69 Å². The fourth-order valence-electron chi connectivity index (χ4n) is 3.60. The van der Waals surface area contributed by atoms with Gasteiger partial charge in [-0.3, -0.25) is 9.59 Å². The molecule has 0 N–H and O–H groups in total. The molecule has 0 amide bonds. The molecule has 0 aromatic heterocycles. The number of carbonyl (C=O) groups excluding carboxylic acids is 2. The van der Waals surface area contributed by atoms with Crippen LogP contribution in [0.3, 0.4) is 0 Å². The first-order valence-electron chi connectivity index (χ1n) is 10.1. The van der Waals surface area contributed by atoms with E-state index < -0.39 is 0 Å². The summed E-state index contributed by atoms with van der Waals surface area (Å²) < 4.78 is 5.76. The number of hydrogen-bond acceptors (Lipinski definition) is 4. The summed E-state index contributed by atoms with van der Waals surface area (Å²) in [6.45, 7) is 1.81. The number of rotatable bonds is 4. The molecule has 4 heteroatoms. The van der Waals surface area contributed by atoms with Crippen LogP contribution in [0.25, 0.3) is 6.08 Å². The van der Waals surface area contributed by atoms with E-state index in [1.54, 1.807) is 43.3 Å². The highest BCUT2D eigenvalue weighted by atomic mass is 16.5. The van der Waals surface area contributed by atoms with Crippen LogP contribution in [-0.2, 0) is 4.74 Å². The number of anilines is 1. The SMILES string of the molecule is CC1=CC(=C2C(=O)c3ccccc3C2=O)C=C(C=CC=Cc2ccc(N(C)C)cc2)O1. The second kappa shape index (κ2) is 8.44. The fraction of sp³-hybridized carbons (Fsp3) is 0.111. The molecule has 2 aromatic rings. The van der Waals surface area contributed by atoms with Crippen molar-refractivity contribution >= 4 is 23.3 Å². The van der Waals surface area contributed by atoms with E-state index in [9.17, 15) is 9.59 Å². The van der Waals surface area contributed by atoms with Gasteiger partial charge in [0.1, 0.15) is 11.5 Å². The van der Waals surface area contributed by atoms with Gasteiger partial charge in [-0.1, -0.05) is 54.6 Å². The van der Waals surface area contributed by atoms with Gasteiger partial charge in [-0.25, -0.2) is 0 Å². The second-order valence-electron chi connectivity index (χ2n) is 7.64. The zero-order chi connectivity index (χ0) is 22.0. The van der Waals surface area contributed by atoms with E-state index in [2.05, 4.69) is 29.2 Å². The highest BCUT2D eigenvalue weighted by molar-refractivity contribution is 6.40. The Bertz CT molecular complexity index is 1170. The molecule has 154 valence electrons. The van der Waals surface area contributed by atoms with E-state index in [1.807, 2.05) is 38.4 Å². The summed E-state index contributed by atoms with van der Waals surface area (Å²) in [5, 5.41) is 0. The van der Waals surface area contributed by atoms with Gasteiger partial charge in [0, 0.05) is 30.9 Å². The Morgan fingerprint density at radius 3 is 2.03 bits per heavy atom. The van der Waals surface area contributed by atoms with Gasteiger partial charge < -0.3 is 9.64 Å². The lowest BCUT2D eigenvalue weighted by atomic mass is 10.0. The predicted octanol–water partition coefficient (Wildman–Crippen LogP) is 5.52. The summed E-state index contributed by atoms with van der Waals surface area (Å²) in [4.78, 5) is 27.6. The molecule has 4 rings (SSSR count). The van der Waals surface area contributed by atoms with Crippen LogP contribution in [0.1, 0.15) is 33.2 Å². The van der Waals surface area contributed by atoms with Gasteiger partial charge in [0.05, 0.1) is 5.57 Å². The molecule has 31 heavy (non-hydrogen) atoms. The molecule has 1 heterocycles. The van der Waals surface area contributed by atoms with Crippen LogP contribution < -0.4 is 4.90 Å². The Labute approximate surface area is 182 Å². The summed E-state index contributed by atoms with van der Waals surface area (Å²) in [7, 11) is 4.02. The van der Waals surface area contributed by atoms with Crippen molar-refractivity contribution in [2.75, 3.05) is 19.0 Å². The Balaban J connectivity index is 1.56. The molecule has 4 nitrogen and oxygen atoms in total. The third-order valence-corrected chi connectivity index (χ3v) is 5.16. The number of hydrogen-bond donors (Lipinski definition) is 0. The monoisotopic (exact) mass is 409 g/mol. The standard InChI is InChI=1S/C27H23NO3/c1-18-16-20(25-26(29)23-10-6-7-11-24(23)27(25)30)17-22(31-18)9-5-4-8-19-12-14-21(15-13-19)28(2)3/h4-17H,1-3H3. The van der Waals surface area contributed by atoms with Gasteiger partial charge in [-0.2, -0.15) is 0 Å². The lowest BCUT2D eigenvalue weighted by Gasteiger charge is -2.14. The third kappa shape index (κ3) is 4.19. The molecule has 1 aliphatic heterocycles. The van der Waals surface area contributed by atoms with Gasteiger partial charge in [0.15, 0.2) is 11.6 Å². The number of fused-ring (bicyclic) bond motifs is 1. The number of ketones is 2. The van der Waals surface area contributed by atoms with Crippen molar-refractivity contribution in [3.8, 4) is 0 Å². The van der Waals surface area contributed by atoms with E-state index in [0.29, 0.717) is 28.2 Å². The topological polar surface area (TPSA) is 46.6 Å². The van der Waals surface area contributed by atoms with Crippen molar-refractivity contribution in [3.63, 3.8) is 0 Å². The number of benzene rings is 2. The summed E-state index contributed by atoms with van der Waals surface area (Å²) in [5.74, 6) is 0.737. The number of Topliss-reactive ketones (excluding diaryl/α,β-unsaturated/α-hetero) is 2. The van der Waals surface area contributed by atoms with Gasteiger partial charge in [-0.05, 0) is 48.4 Å². The Morgan fingerprint density at radius 1 is 0.806 bits per heavy atom. The molecule has 1 aliphatic carbocycles. The number of nitrogens with zero attached hydrogens (tertiary/aromatic N) is 1. The summed E-state index contributed by atoms with van der Waals surface area (Å²) >= 11 is 0. The van der Waals surface area contributed by atoms with E-state index in [-0.39, 0.29) is 17.1 Å². The summed E-state index contributed by atoms with van der Waals surface area (Å²) in [6.07, 6.45) is 11.1. The molecule has 0 spiro atoms. The second-order valence-corrected chi connectivity index (χ2v) is 7.64. The fourth-order valence-corrected chi connectivity index (χ4v) is 3.60. The van der Waals surface area contributed by atoms with Crippen LogP contribution in [0, 0.1) is 0 Å². The minimum atomic E-state index is -0.234. The molecule has 2 aromatic carbocycles. The molecule has 0 radical (unpaired) electrons. The minimum Gasteiger partial charge on any atom is -0.462 e. The molecule has 2 aliphatic rings. The molecular weight excluding hydrogens is 386 g/mol. The molecule has 0 bridgehead atoms. The number of ether oxygens (including phenoxy) is 1. The Morgan fingerprint density at radius 2 is 1.42 bits per heavy atom. The highest BCUT2D eigenvalue weighted by Gasteiger charge is 2.34. The Kier molecular flexibility index (Phi) is 5.54. The number of allylic oxidation sites excluding steroid dienone is 8. The molecule has 0 saturated heterocycles. The lowest BCUT2D eigenvalue weighted by molar-refractivity contribution is 0.0988. The predicted molar refractivity (Wildman–Crippen MR) is 124 cm³/mol. The normalized spacial score (nSPS) is 16.0. The van der Waals surface area contributed by atoms with Crippen LogP contribution in [0.5, 0.6) is 0 Å². The Hall–Kier alpha value is -3.92. The zero-order valence-electron chi connectivity index (χ0n) is 17.8. The van der Waals surface area contributed by atoms with Gasteiger partial charge in [0.2, 0.25) is 0 Å². The highest BCUT2D eigenvalue weighted by Crippen LogP contribution is 2.32. The van der Waals surface area contributed by atoms with Crippen molar-refractivity contribution in [2.45, 2.75) is 6.92 Å². The molecule has 0 saturated carbocycles. The van der Waals surface area contributed by atoms with E-state index in [0.717, 1.165) is 11.3 Å². The van der Waals surface area contributed by atoms with Crippen molar-refractivity contribution in [2.24, 2.45) is 0 Å². The summed E-state index contributed by atoms with van der Waals surface area (Å²) in [6, 6.07) is 15.2. The molecule has 0 fully saturated rings. The minimum absolute atomic E-state index is 0.200. The van der Waals surface area contributed by atoms with Crippen molar-refractivity contribution in [3.05, 3.63) is 118 Å². The lowest BCUT2D eigenvalue weighted by Crippen LogP contribution is -2.07. The van der Waals surface area contributed by atoms with Crippen LogP contribution in [-0.4, -0.2) is 25.7 Å². The van der Waals surface area contributed by atoms with Gasteiger partial charge >= 0.3 is 0 Å². The first kappa shape index (κ1) is 20.4. The van der Waals surface area contributed by atoms with Gasteiger partial charge in [0.25, 0.3) is 0 Å². The van der Waals surface area contributed by atoms with E-state index in [4.69, 9.17) is 4.74 Å². The molecule has 0 unspecified atom stereocenters. The van der Waals surface area contributed by atoms with Crippen molar-refractivity contribution in [1.82, 2.24) is 0 Å². The zero-order valence-corrected chi connectivity index (χ0v) is 17.8. The van der Waals surface area contributed by atoms with Crippen molar-refractivity contribution in [1.29, 1.82) is 0 Å². The van der Waals surface area contributed by atoms with Gasteiger partial charge in [-0.15, -0.1) is 0 Å². The smallest absolute Gasteiger partial charge is 0.198 e. The average molecular weight is 409 g/mol. The summed E-state index contributed by atoms with van der Waals surface area (Å²) in [5.41, 5.74) is 3.94. The maximum atomic E-state index is 12.8. The number of carbonyl (C=O) groups is 2. The maximum absolute atomic E-state index is 12.8. The van der Waals surface area contributed by atoms with Crippen LogP contribution >= 0.6 is 0 Å². The third-order valence-electron chi connectivity index (χ3n) is 5.16. The first-order valence-corrected chi connectivity index (χ1v) is 10.1. The average Bonchev–Trinajstić information content (AvgIpc) is 3.02. The molecule has 0 atom stereocenters. The first-order chi connectivity index (χ1) is 14.9. The van der Waals surface area contributed by atoms with E-state index >= 15 is 0 Å². The van der Waals surface area contributed by atoms with Crippen molar-refractivity contribution < 1.29 is 14.3 Å². The largest absolute Gasteiger partial charge is 0.462 e. The van der Waals surface area contributed by atoms with Crippen LogP contribution in [0.15, 0.2) is 102 Å². The van der Waals surface area contributed by atoms with E-state index in [1.165, 1.54) is 0 Å².